The van der Waals surface area contributed by atoms with Crippen molar-refractivity contribution in [3.63, 3.8) is 0 Å². The third-order valence-electron chi connectivity index (χ3n) is 2.60. The Kier molecular flexibility index (Phi) is 3.35. The highest BCUT2D eigenvalue weighted by Crippen LogP contribution is 2.31. The predicted octanol–water partition coefficient (Wildman–Crippen LogP) is 4.62. The molecule has 0 radical (unpaired) electrons. The molecule has 1 aliphatic heterocycles. The maximum atomic E-state index is 4.17. The summed E-state index contributed by atoms with van der Waals surface area (Å²) in [6, 6.07) is 6.58. The summed E-state index contributed by atoms with van der Waals surface area (Å²) < 4.78 is 0. The molecule has 0 spiro atoms. The van der Waals surface area contributed by atoms with Gasteiger partial charge in [0.25, 0.3) is 0 Å². The molecule has 0 bridgehead atoms. The molecule has 0 saturated heterocycles. The molecule has 2 rings (SSSR count). The summed E-state index contributed by atoms with van der Waals surface area (Å²) >= 11 is 1.87. The fourth-order valence-corrected chi connectivity index (χ4v) is 2.68. The van der Waals surface area contributed by atoms with Crippen molar-refractivity contribution in [1.82, 2.24) is 0 Å². The summed E-state index contributed by atoms with van der Waals surface area (Å²) in [4.78, 5) is 1.33. The molecule has 1 heterocycles. The monoisotopic (exact) mass is 228 g/mol. The van der Waals surface area contributed by atoms with Gasteiger partial charge >= 0.3 is 0 Å². The summed E-state index contributed by atoms with van der Waals surface area (Å²) in [5, 5.41) is 0. The summed E-state index contributed by atoms with van der Waals surface area (Å²) in [6.45, 7) is 8.41. The van der Waals surface area contributed by atoms with Gasteiger partial charge in [0.2, 0.25) is 0 Å². The predicted molar refractivity (Wildman–Crippen MR) is 73.8 cm³/mol. The van der Waals surface area contributed by atoms with Crippen LogP contribution in [0.15, 0.2) is 53.5 Å². The molecule has 1 heteroatoms. The van der Waals surface area contributed by atoms with Crippen molar-refractivity contribution < 1.29 is 0 Å². The second-order valence-corrected chi connectivity index (χ2v) is 5.19. The van der Waals surface area contributed by atoms with Crippen LogP contribution in [0.4, 0.5) is 0 Å². The zero-order chi connectivity index (χ0) is 11.5. The van der Waals surface area contributed by atoms with E-state index >= 15 is 0 Å². The van der Waals surface area contributed by atoms with Gasteiger partial charge in [0, 0.05) is 10.6 Å². The lowest BCUT2D eigenvalue weighted by Crippen LogP contribution is -1.87. The van der Waals surface area contributed by atoms with Crippen LogP contribution in [0.5, 0.6) is 0 Å². The van der Waals surface area contributed by atoms with E-state index in [1.807, 2.05) is 11.8 Å². The Morgan fingerprint density at radius 2 is 2.06 bits per heavy atom. The molecule has 0 atom stereocenters. The van der Waals surface area contributed by atoms with Gasteiger partial charge in [-0.2, -0.15) is 0 Å². The average molecular weight is 228 g/mol. The van der Waals surface area contributed by atoms with Gasteiger partial charge in [-0.25, -0.2) is 0 Å². The lowest BCUT2D eigenvalue weighted by atomic mass is 10.0. The first kappa shape index (κ1) is 11.3. The van der Waals surface area contributed by atoms with E-state index in [4.69, 9.17) is 0 Å². The van der Waals surface area contributed by atoms with Crippen LogP contribution in [0.2, 0.25) is 0 Å². The van der Waals surface area contributed by atoms with E-state index in [0.29, 0.717) is 0 Å². The molecule has 0 fully saturated rings. The fraction of sp³-hybridized carbons (Fsp3) is 0.200. The second kappa shape index (κ2) is 4.75. The van der Waals surface area contributed by atoms with Crippen molar-refractivity contribution in [3.8, 4) is 0 Å². The molecule has 0 amide bonds. The zero-order valence-corrected chi connectivity index (χ0v) is 10.6. The highest BCUT2D eigenvalue weighted by molar-refractivity contribution is 7.99. The molecule has 0 unspecified atom stereocenters. The van der Waals surface area contributed by atoms with Crippen molar-refractivity contribution in [2.45, 2.75) is 18.7 Å². The van der Waals surface area contributed by atoms with Crippen LogP contribution < -0.4 is 0 Å². The van der Waals surface area contributed by atoms with Crippen molar-refractivity contribution in [2.75, 3.05) is 5.75 Å². The lowest BCUT2D eigenvalue weighted by molar-refractivity contribution is 1.34. The highest BCUT2D eigenvalue weighted by atomic mass is 32.2. The molecule has 0 N–H and O–H groups in total. The topological polar surface area (TPSA) is 0 Å². The molecule has 0 aromatic heterocycles. The Morgan fingerprint density at radius 1 is 1.25 bits per heavy atom. The molecule has 1 aliphatic rings. The number of fused-ring (bicyclic) bond motifs is 1. The Labute approximate surface area is 102 Å². The van der Waals surface area contributed by atoms with Crippen molar-refractivity contribution in [1.29, 1.82) is 0 Å². The quantitative estimate of drug-likeness (QED) is 0.624. The Hall–Kier alpha value is -1.21. The Balaban J connectivity index is 2.51. The summed E-state index contributed by atoms with van der Waals surface area (Å²) in [7, 11) is 0. The smallest absolute Gasteiger partial charge is 0.0164 e. The molecule has 82 valence electrons. The normalized spacial score (nSPS) is 21.1. The number of allylic oxidation sites excluding steroid dienone is 4. The SMILES string of the molecule is C=C1/C=C(C)\C=C/CSc2ccc(C)cc21. The minimum Gasteiger partial charge on any atom is -0.121 e. The van der Waals surface area contributed by atoms with E-state index in [2.05, 4.69) is 56.9 Å². The zero-order valence-electron chi connectivity index (χ0n) is 9.79. The van der Waals surface area contributed by atoms with E-state index < -0.39 is 0 Å². The standard InChI is InChI=1S/C15H16S/c1-11-5-4-8-16-15-7-6-12(2)10-14(15)13(3)9-11/h4-7,9-10H,3,8H2,1-2H3/b5-4-,11-9-. The molecule has 1 aromatic rings. The molecule has 0 nitrogen and oxygen atoms in total. The first-order valence-corrected chi connectivity index (χ1v) is 6.43. The van der Waals surface area contributed by atoms with Crippen LogP contribution in [-0.2, 0) is 0 Å². The first-order valence-electron chi connectivity index (χ1n) is 5.44. The Bertz CT molecular complexity index is 478. The number of rotatable bonds is 0. The third-order valence-corrected chi connectivity index (χ3v) is 3.62. The summed E-state index contributed by atoms with van der Waals surface area (Å²) in [5.41, 5.74) is 4.93. The third kappa shape index (κ3) is 2.48. The van der Waals surface area contributed by atoms with Crippen LogP contribution in [0.1, 0.15) is 18.1 Å². The first-order chi connectivity index (χ1) is 7.66. The molecule has 0 saturated carbocycles. The van der Waals surface area contributed by atoms with E-state index in [0.717, 1.165) is 11.3 Å². The maximum absolute atomic E-state index is 4.17. The number of hydrogen-bond acceptors (Lipinski definition) is 1. The molecular formula is C15H16S. The molecule has 16 heavy (non-hydrogen) atoms. The van der Waals surface area contributed by atoms with Gasteiger partial charge < -0.3 is 0 Å². The van der Waals surface area contributed by atoms with Crippen LogP contribution in [0, 0.1) is 6.92 Å². The lowest BCUT2D eigenvalue weighted by Gasteiger charge is -2.09. The largest absolute Gasteiger partial charge is 0.121 e. The van der Waals surface area contributed by atoms with Gasteiger partial charge in [-0.1, -0.05) is 48.1 Å². The van der Waals surface area contributed by atoms with Gasteiger partial charge in [0.1, 0.15) is 0 Å². The van der Waals surface area contributed by atoms with Crippen LogP contribution in [0.25, 0.3) is 5.57 Å². The van der Waals surface area contributed by atoms with Gasteiger partial charge in [0.15, 0.2) is 0 Å². The molecule has 0 aliphatic carbocycles. The highest BCUT2D eigenvalue weighted by Gasteiger charge is 2.06. The average Bonchev–Trinajstić information content (AvgIpc) is 2.30. The second-order valence-electron chi connectivity index (χ2n) is 4.13. The maximum Gasteiger partial charge on any atom is 0.0164 e. The van der Waals surface area contributed by atoms with Gasteiger partial charge in [0.05, 0.1) is 0 Å². The number of hydrogen-bond donors (Lipinski definition) is 0. The van der Waals surface area contributed by atoms with E-state index in [1.165, 1.54) is 21.6 Å². The number of aryl methyl sites for hydroxylation is 1. The van der Waals surface area contributed by atoms with E-state index in [-0.39, 0.29) is 0 Å². The van der Waals surface area contributed by atoms with Crippen molar-refractivity contribution in [2.24, 2.45) is 0 Å². The summed E-state index contributed by atoms with van der Waals surface area (Å²) in [5.74, 6) is 1.02. The summed E-state index contributed by atoms with van der Waals surface area (Å²) in [6.07, 6.45) is 6.52. The Morgan fingerprint density at radius 3 is 2.88 bits per heavy atom. The van der Waals surface area contributed by atoms with Crippen molar-refractivity contribution >= 4 is 17.3 Å². The van der Waals surface area contributed by atoms with Gasteiger partial charge in [-0.3, -0.25) is 0 Å². The minimum absolute atomic E-state index is 1.02. The van der Waals surface area contributed by atoms with Crippen LogP contribution in [-0.4, -0.2) is 5.75 Å². The number of thioether (sulfide) groups is 1. The van der Waals surface area contributed by atoms with E-state index in [9.17, 15) is 0 Å². The minimum atomic E-state index is 1.02. The van der Waals surface area contributed by atoms with Crippen LogP contribution >= 0.6 is 11.8 Å². The van der Waals surface area contributed by atoms with Gasteiger partial charge in [-0.05, 0) is 31.1 Å². The van der Waals surface area contributed by atoms with Crippen LogP contribution in [0.3, 0.4) is 0 Å². The van der Waals surface area contributed by atoms with Crippen molar-refractivity contribution in [3.05, 3.63) is 59.7 Å². The number of benzene rings is 1. The van der Waals surface area contributed by atoms with Gasteiger partial charge in [-0.15, -0.1) is 11.8 Å². The fourth-order valence-electron chi connectivity index (χ4n) is 1.79. The van der Waals surface area contributed by atoms with E-state index in [1.54, 1.807) is 0 Å². The molecule has 1 aromatic carbocycles. The molecular weight excluding hydrogens is 212 g/mol.